The number of unbranched alkanes of at least 4 members (excludes halogenated alkanes) is 1. The predicted molar refractivity (Wildman–Crippen MR) is 145 cm³/mol. The van der Waals surface area contributed by atoms with Crippen molar-refractivity contribution in [2.24, 2.45) is 0 Å². The van der Waals surface area contributed by atoms with Gasteiger partial charge in [-0.1, -0.05) is 80.1 Å². The number of nitrogens with zero attached hydrogens (tertiary/aromatic N) is 1. The maximum atomic E-state index is 13.4. The SMILES string of the molecule is CCCCOc1ccc(C2=CC3COCC(C2)N3C(=O)OCC2c3ccccc3-c3ccccc32)cc1. The zero-order valence-corrected chi connectivity index (χ0v) is 21.3. The lowest BCUT2D eigenvalue weighted by Crippen LogP contribution is -2.56. The number of fused-ring (bicyclic) bond motifs is 5. The minimum atomic E-state index is -0.255. The summed E-state index contributed by atoms with van der Waals surface area (Å²) in [4.78, 5) is 15.3. The number of rotatable bonds is 7. The number of benzene rings is 3. The first-order valence-corrected chi connectivity index (χ1v) is 13.4. The molecular weight excluding hydrogens is 462 g/mol. The van der Waals surface area contributed by atoms with E-state index in [9.17, 15) is 4.79 Å². The topological polar surface area (TPSA) is 48.0 Å². The molecule has 37 heavy (non-hydrogen) atoms. The average Bonchev–Trinajstić information content (AvgIpc) is 3.25. The Balaban J connectivity index is 1.15. The van der Waals surface area contributed by atoms with E-state index < -0.39 is 0 Å². The first-order valence-electron chi connectivity index (χ1n) is 13.4. The maximum Gasteiger partial charge on any atom is 0.410 e. The van der Waals surface area contributed by atoms with Crippen molar-refractivity contribution in [3.63, 3.8) is 0 Å². The summed E-state index contributed by atoms with van der Waals surface area (Å²) in [7, 11) is 0. The van der Waals surface area contributed by atoms with Crippen LogP contribution in [0, 0.1) is 0 Å². The highest BCUT2D eigenvalue weighted by Crippen LogP contribution is 2.44. The van der Waals surface area contributed by atoms with E-state index >= 15 is 0 Å². The van der Waals surface area contributed by atoms with E-state index in [1.54, 1.807) is 0 Å². The number of hydrogen-bond acceptors (Lipinski definition) is 4. The summed E-state index contributed by atoms with van der Waals surface area (Å²) >= 11 is 0. The number of ether oxygens (including phenoxy) is 3. The molecule has 3 aliphatic rings. The third-order valence-corrected chi connectivity index (χ3v) is 7.74. The molecule has 1 aliphatic carbocycles. The molecule has 1 saturated heterocycles. The van der Waals surface area contributed by atoms with Crippen LogP contribution in [0.15, 0.2) is 78.9 Å². The lowest BCUT2D eigenvalue weighted by molar-refractivity contribution is -0.0331. The van der Waals surface area contributed by atoms with E-state index in [-0.39, 0.29) is 24.1 Å². The van der Waals surface area contributed by atoms with Crippen LogP contribution < -0.4 is 4.74 Å². The molecule has 6 rings (SSSR count). The van der Waals surface area contributed by atoms with Gasteiger partial charge in [-0.2, -0.15) is 0 Å². The molecular formula is C32H33NO4. The largest absolute Gasteiger partial charge is 0.494 e. The molecule has 0 aromatic heterocycles. The van der Waals surface area contributed by atoms with Gasteiger partial charge < -0.3 is 14.2 Å². The number of hydrogen-bond donors (Lipinski definition) is 0. The first-order chi connectivity index (χ1) is 18.2. The minimum Gasteiger partial charge on any atom is -0.494 e. The van der Waals surface area contributed by atoms with Gasteiger partial charge >= 0.3 is 6.09 Å². The Morgan fingerprint density at radius 2 is 1.65 bits per heavy atom. The van der Waals surface area contributed by atoms with Gasteiger partial charge in [0.1, 0.15) is 12.4 Å². The van der Waals surface area contributed by atoms with Crippen LogP contribution in [-0.4, -0.2) is 49.5 Å². The van der Waals surface area contributed by atoms with Gasteiger partial charge in [0.05, 0.1) is 31.9 Å². The fraction of sp³-hybridized carbons (Fsp3) is 0.344. The fourth-order valence-corrected chi connectivity index (χ4v) is 5.86. The molecule has 0 N–H and O–H groups in total. The van der Waals surface area contributed by atoms with Crippen LogP contribution in [0.5, 0.6) is 5.75 Å². The second-order valence-corrected chi connectivity index (χ2v) is 10.1. The summed E-state index contributed by atoms with van der Waals surface area (Å²) in [5.41, 5.74) is 7.34. The van der Waals surface area contributed by atoms with Crippen LogP contribution in [0.3, 0.4) is 0 Å². The van der Waals surface area contributed by atoms with Gasteiger partial charge in [0.25, 0.3) is 0 Å². The van der Waals surface area contributed by atoms with Crippen LogP contribution in [0.4, 0.5) is 4.79 Å². The van der Waals surface area contributed by atoms with Crippen molar-refractivity contribution < 1.29 is 19.0 Å². The van der Waals surface area contributed by atoms with E-state index in [0.717, 1.165) is 31.6 Å². The summed E-state index contributed by atoms with van der Waals surface area (Å²) < 4.78 is 17.7. The molecule has 2 heterocycles. The summed E-state index contributed by atoms with van der Waals surface area (Å²) in [5, 5.41) is 0. The molecule has 2 aliphatic heterocycles. The molecule has 1 amide bonds. The van der Waals surface area contributed by atoms with E-state index in [4.69, 9.17) is 14.2 Å². The molecule has 0 radical (unpaired) electrons. The Morgan fingerprint density at radius 1 is 0.946 bits per heavy atom. The molecule has 5 nitrogen and oxygen atoms in total. The average molecular weight is 496 g/mol. The van der Waals surface area contributed by atoms with Gasteiger partial charge in [-0.05, 0) is 58.4 Å². The monoisotopic (exact) mass is 495 g/mol. The molecule has 1 fully saturated rings. The normalized spacial score (nSPS) is 20.1. The molecule has 3 aromatic carbocycles. The highest BCUT2D eigenvalue weighted by atomic mass is 16.6. The lowest BCUT2D eigenvalue weighted by atomic mass is 9.90. The molecule has 2 unspecified atom stereocenters. The standard InChI is InChI=1S/C32H33NO4/c1-2-3-16-36-26-14-12-22(13-15-26)23-17-24-19-35-20-25(18-23)33(24)32(34)37-21-31-29-10-6-4-8-27(29)28-9-5-7-11-30(28)31/h4-15,17,24-25,31H,2-3,16,18-21H2,1H3. The van der Waals surface area contributed by atoms with E-state index in [2.05, 4.69) is 73.7 Å². The summed E-state index contributed by atoms with van der Waals surface area (Å²) in [5.74, 6) is 0.957. The number of amides is 1. The highest BCUT2D eigenvalue weighted by Gasteiger charge is 2.40. The van der Waals surface area contributed by atoms with Gasteiger partial charge in [0.2, 0.25) is 0 Å². The smallest absolute Gasteiger partial charge is 0.410 e. The minimum absolute atomic E-state index is 0.0325. The van der Waals surface area contributed by atoms with Crippen molar-refractivity contribution in [3.8, 4) is 16.9 Å². The van der Waals surface area contributed by atoms with Gasteiger partial charge in [0.15, 0.2) is 0 Å². The van der Waals surface area contributed by atoms with Crippen molar-refractivity contribution in [3.05, 3.63) is 95.6 Å². The Hall–Kier alpha value is -3.57. The number of carbonyl (C=O) groups excluding carboxylic acids is 1. The Kier molecular flexibility index (Phi) is 6.71. The molecule has 5 heteroatoms. The second kappa shape index (κ2) is 10.4. The molecule has 2 bridgehead atoms. The third-order valence-electron chi connectivity index (χ3n) is 7.74. The molecule has 3 aromatic rings. The van der Waals surface area contributed by atoms with Gasteiger partial charge in [-0.3, -0.25) is 4.90 Å². The van der Waals surface area contributed by atoms with Gasteiger partial charge in [-0.25, -0.2) is 4.79 Å². The highest BCUT2D eigenvalue weighted by molar-refractivity contribution is 5.79. The molecule has 0 saturated carbocycles. The molecule has 2 atom stereocenters. The van der Waals surface area contributed by atoms with Crippen LogP contribution in [-0.2, 0) is 9.47 Å². The predicted octanol–water partition coefficient (Wildman–Crippen LogP) is 6.67. The van der Waals surface area contributed by atoms with Crippen LogP contribution in [0.25, 0.3) is 16.7 Å². The fourth-order valence-electron chi connectivity index (χ4n) is 5.86. The summed E-state index contributed by atoms with van der Waals surface area (Å²) in [6.07, 6.45) is 4.84. The Bertz CT molecular complexity index is 1250. The van der Waals surface area contributed by atoms with Crippen LogP contribution in [0.2, 0.25) is 0 Å². The van der Waals surface area contributed by atoms with Crippen molar-refractivity contribution in [1.82, 2.24) is 4.90 Å². The summed E-state index contributed by atoms with van der Waals surface area (Å²) in [6.45, 7) is 4.25. The van der Waals surface area contributed by atoms with E-state index in [1.165, 1.54) is 33.4 Å². The first kappa shape index (κ1) is 23.8. The number of carbonyl (C=O) groups is 1. The second-order valence-electron chi connectivity index (χ2n) is 10.1. The van der Waals surface area contributed by atoms with Crippen molar-refractivity contribution in [1.29, 1.82) is 0 Å². The Labute approximate surface area is 218 Å². The summed E-state index contributed by atoms with van der Waals surface area (Å²) in [6, 6.07) is 25.0. The van der Waals surface area contributed by atoms with Crippen molar-refractivity contribution >= 4 is 11.7 Å². The lowest BCUT2D eigenvalue weighted by Gasteiger charge is -2.44. The maximum absolute atomic E-state index is 13.4. The quantitative estimate of drug-likeness (QED) is 0.344. The molecule has 190 valence electrons. The van der Waals surface area contributed by atoms with E-state index in [0.29, 0.717) is 19.8 Å². The Morgan fingerprint density at radius 3 is 2.32 bits per heavy atom. The zero-order valence-electron chi connectivity index (χ0n) is 21.3. The van der Waals surface area contributed by atoms with Crippen LogP contribution >= 0.6 is 0 Å². The zero-order chi connectivity index (χ0) is 25.2. The molecule has 0 spiro atoms. The van der Waals surface area contributed by atoms with Crippen molar-refractivity contribution in [2.45, 2.75) is 44.2 Å². The van der Waals surface area contributed by atoms with E-state index in [1.807, 2.05) is 17.0 Å². The van der Waals surface area contributed by atoms with Gasteiger partial charge in [-0.15, -0.1) is 0 Å². The number of morpholine rings is 1. The van der Waals surface area contributed by atoms with Crippen LogP contribution in [0.1, 0.15) is 48.8 Å². The third kappa shape index (κ3) is 4.64. The van der Waals surface area contributed by atoms with Crippen molar-refractivity contribution in [2.75, 3.05) is 26.4 Å². The van der Waals surface area contributed by atoms with Gasteiger partial charge in [0, 0.05) is 5.92 Å².